The van der Waals surface area contributed by atoms with Gasteiger partial charge in [0.1, 0.15) is 12.1 Å². The summed E-state index contributed by atoms with van der Waals surface area (Å²) < 4.78 is 12.8. The smallest absolute Gasteiger partial charge is 0.217 e. The summed E-state index contributed by atoms with van der Waals surface area (Å²) in [5, 5.41) is 3.34. The molecule has 0 unspecified atom stereocenters. The van der Waals surface area contributed by atoms with E-state index < -0.39 is 5.95 Å². The fourth-order valence-corrected chi connectivity index (χ4v) is 2.06. The minimum absolute atomic E-state index is 0.251. The molecule has 74 valence electrons. The SMILES string of the molecule is Fc1cc(NC2(C3CC3)CC2)ncn1. The van der Waals surface area contributed by atoms with Gasteiger partial charge in [-0.3, -0.25) is 0 Å². The van der Waals surface area contributed by atoms with Crippen LogP contribution in [-0.4, -0.2) is 15.5 Å². The van der Waals surface area contributed by atoms with Crippen LogP contribution in [0.25, 0.3) is 0 Å². The van der Waals surface area contributed by atoms with Gasteiger partial charge >= 0.3 is 0 Å². The molecule has 3 rings (SSSR count). The van der Waals surface area contributed by atoms with Gasteiger partial charge < -0.3 is 5.32 Å². The van der Waals surface area contributed by atoms with Gasteiger partial charge in [0.2, 0.25) is 5.95 Å². The quantitative estimate of drug-likeness (QED) is 0.746. The Hall–Kier alpha value is -1.19. The molecule has 1 N–H and O–H groups in total. The van der Waals surface area contributed by atoms with E-state index in [2.05, 4.69) is 15.3 Å². The van der Waals surface area contributed by atoms with Crippen LogP contribution in [0.2, 0.25) is 0 Å². The van der Waals surface area contributed by atoms with E-state index in [1.165, 1.54) is 38.1 Å². The monoisotopic (exact) mass is 193 g/mol. The number of hydrogen-bond acceptors (Lipinski definition) is 3. The maximum atomic E-state index is 12.8. The summed E-state index contributed by atoms with van der Waals surface area (Å²) in [6.45, 7) is 0. The summed E-state index contributed by atoms with van der Waals surface area (Å²) in [7, 11) is 0. The van der Waals surface area contributed by atoms with Gasteiger partial charge in [-0.05, 0) is 31.6 Å². The van der Waals surface area contributed by atoms with Crippen molar-refractivity contribution in [3.8, 4) is 0 Å². The second-order valence-corrected chi connectivity index (χ2v) is 4.28. The summed E-state index contributed by atoms with van der Waals surface area (Å²) in [5.41, 5.74) is 0.251. The molecule has 0 radical (unpaired) electrons. The van der Waals surface area contributed by atoms with E-state index in [-0.39, 0.29) is 5.54 Å². The van der Waals surface area contributed by atoms with E-state index in [9.17, 15) is 4.39 Å². The zero-order chi connectivity index (χ0) is 9.60. The van der Waals surface area contributed by atoms with Crippen LogP contribution in [-0.2, 0) is 0 Å². The van der Waals surface area contributed by atoms with Crippen LogP contribution in [0.3, 0.4) is 0 Å². The van der Waals surface area contributed by atoms with Crippen LogP contribution in [0.1, 0.15) is 25.7 Å². The highest BCUT2D eigenvalue weighted by Gasteiger charge is 2.54. The molecule has 0 aliphatic heterocycles. The Morgan fingerprint density at radius 3 is 2.71 bits per heavy atom. The van der Waals surface area contributed by atoms with E-state index in [1.807, 2.05) is 0 Å². The molecule has 3 nitrogen and oxygen atoms in total. The van der Waals surface area contributed by atoms with Gasteiger partial charge in [-0.15, -0.1) is 0 Å². The van der Waals surface area contributed by atoms with E-state index >= 15 is 0 Å². The number of aromatic nitrogens is 2. The summed E-state index contributed by atoms with van der Waals surface area (Å²) in [6, 6.07) is 1.36. The molecule has 1 aromatic heterocycles. The topological polar surface area (TPSA) is 37.8 Å². The van der Waals surface area contributed by atoms with Crippen molar-refractivity contribution in [1.82, 2.24) is 9.97 Å². The van der Waals surface area contributed by atoms with Crippen molar-refractivity contribution in [2.75, 3.05) is 5.32 Å². The van der Waals surface area contributed by atoms with Crippen LogP contribution in [0.5, 0.6) is 0 Å². The molecular formula is C10H12FN3. The molecule has 0 aromatic carbocycles. The van der Waals surface area contributed by atoms with Crippen molar-refractivity contribution in [2.24, 2.45) is 5.92 Å². The molecule has 4 heteroatoms. The zero-order valence-electron chi connectivity index (χ0n) is 7.83. The fourth-order valence-electron chi connectivity index (χ4n) is 2.06. The molecule has 0 amide bonds. The third-order valence-electron chi connectivity index (χ3n) is 3.16. The van der Waals surface area contributed by atoms with Gasteiger partial charge in [-0.2, -0.15) is 4.39 Å². The van der Waals surface area contributed by atoms with Gasteiger partial charge in [0.15, 0.2) is 0 Å². The Kier molecular flexibility index (Phi) is 1.54. The van der Waals surface area contributed by atoms with Crippen LogP contribution < -0.4 is 5.32 Å². The first-order valence-corrected chi connectivity index (χ1v) is 5.04. The maximum absolute atomic E-state index is 12.8. The normalized spacial score (nSPS) is 23.2. The predicted molar refractivity (Wildman–Crippen MR) is 50.3 cm³/mol. The lowest BCUT2D eigenvalue weighted by atomic mass is 10.1. The molecule has 2 aliphatic rings. The maximum Gasteiger partial charge on any atom is 0.217 e. The highest BCUT2D eigenvalue weighted by Crippen LogP contribution is 2.55. The highest BCUT2D eigenvalue weighted by atomic mass is 19.1. The molecule has 0 atom stereocenters. The number of nitrogens with one attached hydrogen (secondary N) is 1. The zero-order valence-corrected chi connectivity index (χ0v) is 7.83. The molecule has 0 spiro atoms. The molecular weight excluding hydrogens is 181 g/mol. The first-order chi connectivity index (χ1) is 6.78. The van der Waals surface area contributed by atoms with Crippen LogP contribution in [0.15, 0.2) is 12.4 Å². The van der Waals surface area contributed by atoms with Gasteiger partial charge in [-0.1, -0.05) is 0 Å². The summed E-state index contributed by atoms with van der Waals surface area (Å²) in [5.74, 6) is 0.955. The first-order valence-electron chi connectivity index (χ1n) is 5.04. The number of nitrogens with zero attached hydrogens (tertiary/aromatic N) is 2. The molecule has 2 fully saturated rings. The Balaban J connectivity index is 1.77. The summed E-state index contributed by atoms with van der Waals surface area (Å²) >= 11 is 0. The number of rotatable bonds is 3. The van der Waals surface area contributed by atoms with E-state index in [0.717, 1.165) is 5.92 Å². The molecule has 0 bridgehead atoms. The van der Waals surface area contributed by atoms with E-state index in [0.29, 0.717) is 5.82 Å². The van der Waals surface area contributed by atoms with Gasteiger partial charge in [0.25, 0.3) is 0 Å². The molecule has 14 heavy (non-hydrogen) atoms. The average Bonchev–Trinajstić information content (AvgIpc) is 2.99. The van der Waals surface area contributed by atoms with Crippen LogP contribution in [0.4, 0.5) is 10.2 Å². The second-order valence-electron chi connectivity index (χ2n) is 4.28. The molecule has 2 aliphatic carbocycles. The predicted octanol–water partition coefficient (Wildman–Crippen LogP) is 1.97. The third-order valence-corrected chi connectivity index (χ3v) is 3.16. The van der Waals surface area contributed by atoms with Gasteiger partial charge in [0.05, 0.1) is 0 Å². The number of anilines is 1. The van der Waals surface area contributed by atoms with Crippen molar-refractivity contribution in [1.29, 1.82) is 0 Å². The lowest BCUT2D eigenvalue weighted by Gasteiger charge is -2.16. The molecule has 1 aromatic rings. The minimum Gasteiger partial charge on any atom is -0.364 e. The summed E-state index contributed by atoms with van der Waals surface area (Å²) in [6.07, 6.45) is 6.27. The number of hydrogen-bond donors (Lipinski definition) is 1. The second kappa shape index (κ2) is 2.65. The largest absolute Gasteiger partial charge is 0.364 e. The fraction of sp³-hybridized carbons (Fsp3) is 0.600. The first kappa shape index (κ1) is 8.15. The van der Waals surface area contributed by atoms with Gasteiger partial charge in [-0.25, -0.2) is 9.97 Å². The average molecular weight is 193 g/mol. The van der Waals surface area contributed by atoms with Crippen LogP contribution >= 0.6 is 0 Å². The van der Waals surface area contributed by atoms with Gasteiger partial charge in [0, 0.05) is 11.6 Å². The minimum atomic E-state index is -0.464. The van der Waals surface area contributed by atoms with Crippen molar-refractivity contribution < 1.29 is 4.39 Å². The Bertz CT molecular complexity index is 358. The standard InChI is InChI=1S/C10H12FN3/c11-8-5-9(13-6-12-8)14-10(3-4-10)7-1-2-7/h5-7H,1-4H2,(H,12,13,14). The Morgan fingerprint density at radius 2 is 2.14 bits per heavy atom. The summed E-state index contributed by atoms with van der Waals surface area (Å²) in [4.78, 5) is 7.45. The Morgan fingerprint density at radius 1 is 1.36 bits per heavy atom. The molecule has 2 saturated carbocycles. The lowest BCUT2D eigenvalue weighted by Crippen LogP contribution is -2.24. The third kappa shape index (κ3) is 1.35. The highest BCUT2D eigenvalue weighted by molar-refractivity contribution is 5.40. The van der Waals surface area contributed by atoms with Crippen molar-refractivity contribution >= 4 is 5.82 Å². The van der Waals surface area contributed by atoms with Crippen molar-refractivity contribution in [2.45, 2.75) is 31.2 Å². The molecule has 1 heterocycles. The van der Waals surface area contributed by atoms with E-state index in [4.69, 9.17) is 0 Å². The van der Waals surface area contributed by atoms with Crippen molar-refractivity contribution in [3.63, 3.8) is 0 Å². The van der Waals surface area contributed by atoms with E-state index in [1.54, 1.807) is 0 Å². The number of halogens is 1. The van der Waals surface area contributed by atoms with Crippen molar-refractivity contribution in [3.05, 3.63) is 18.3 Å². The van der Waals surface area contributed by atoms with Crippen LogP contribution in [0, 0.1) is 11.9 Å². The molecule has 0 saturated heterocycles. The lowest BCUT2D eigenvalue weighted by molar-refractivity contribution is 0.576. The Labute approximate surface area is 81.8 Å².